The van der Waals surface area contributed by atoms with E-state index < -0.39 is 10.0 Å². The van der Waals surface area contributed by atoms with E-state index in [1.165, 1.54) is 19.3 Å². The Bertz CT molecular complexity index is 748. The van der Waals surface area contributed by atoms with Gasteiger partial charge in [0, 0.05) is 6.04 Å². The molecule has 4 heteroatoms. The normalized spacial score (nSPS) is 17.5. The van der Waals surface area contributed by atoms with E-state index in [0.29, 0.717) is 10.8 Å². The lowest BCUT2D eigenvalue weighted by Gasteiger charge is -2.31. The maximum atomic E-state index is 12.9. The Labute approximate surface area is 145 Å². The van der Waals surface area contributed by atoms with Gasteiger partial charge in [-0.1, -0.05) is 67.3 Å². The maximum Gasteiger partial charge on any atom is 0.241 e. The molecule has 0 spiro atoms. The van der Waals surface area contributed by atoms with Crippen molar-refractivity contribution in [3.8, 4) is 0 Å². The zero-order valence-electron chi connectivity index (χ0n) is 14.1. The summed E-state index contributed by atoms with van der Waals surface area (Å²) < 4.78 is 28.7. The minimum atomic E-state index is -3.52. The summed E-state index contributed by atoms with van der Waals surface area (Å²) in [5, 5.41) is 0. The van der Waals surface area contributed by atoms with Gasteiger partial charge in [-0.05, 0) is 43.4 Å². The van der Waals surface area contributed by atoms with Crippen LogP contribution in [0.3, 0.4) is 0 Å². The number of hydrogen-bond acceptors (Lipinski definition) is 2. The topological polar surface area (TPSA) is 46.2 Å². The van der Waals surface area contributed by atoms with E-state index in [0.717, 1.165) is 24.0 Å². The predicted molar refractivity (Wildman–Crippen MR) is 97.3 cm³/mol. The van der Waals surface area contributed by atoms with Crippen molar-refractivity contribution in [2.75, 3.05) is 0 Å². The molecular formula is C20H25NO2S. The Hall–Kier alpha value is -1.65. The third-order valence-electron chi connectivity index (χ3n) is 4.89. The molecule has 1 aliphatic carbocycles. The second-order valence-electron chi connectivity index (χ2n) is 6.72. The Morgan fingerprint density at radius 1 is 0.917 bits per heavy atom. The predicted octanol–water partition coefficient (Wildman–Crippen LogP) is 4.59. The van der Waals surface area contributed by atoms with Gasteiger partial charge in [0.25, 0.3) is 0 Å². The number of aryl methyl sites for hydroxylation is 1. The maximum absolute atomic E-state index is 12.9. The fraction of sp³-hybridized carbons (Fsp3) is 0.400. The van der Waals surface area contributed by atoms with Gasteiger partial charge in [0.15, 0.2) is 0 Å². The van der Waals surface area contributed by atoms with Gasteiger partial charge in [0.05, 0.1) is 4.90 Å². The number of hydrogen-bond donors (Lipinski definition) is 1. The summed E-state index contributed by atoms with van der Waals surface area (Å²) in [6, 6.07) is 16.9. The molecule has 0 unspecified atom stereocenters. The quantitative estimate of drug-likeness (QED) is 0.863. The number of benzene rings is 2. The second-order valence-corrected chi connectivity index (χ2v) is 8.43. The summed E-state index contributed by atoms with van der Waals surface area (Å²) in [6.07, 6.45) is 5.77. The van der Waals surface area contributed by atoms with Gasteiger partial charge in [-0.15, -0.1) is 0 Å². The fourth-order valence-electron chi connectivity index (χ4n) is 3.52. The molecule has 0 amide bonds. The summed E-state index contributed by atoms with van der Waals surface area (Å²) in [4.78, 5) is 0.338. The molecule has 0 bridgehead atoms. The van der Waals surface area contributed by atoms with Crippen LogP contribution < -0.4 is 4.72 Å². The molecule has 24 heavy (non-hydrogen) atoms. The average molecular weight is 343 g/mol. The highest BCUT2D eigenvalue weighted by molar-refractivity contribution is 7.89. The highest BCUT2D eigenvalue weighted by atomic mass is 32.2. The van der Waals surface area contributed by atoms with Gasteiger partial charge >= 0.3 is 0 Å². The van der Waals surface area contributed by atoms with Crippen LogP contribution in [-0.2, 0) is 10.0 Å². The number of sulfonamides is 1. The van der Waals surface area contributed by atoms with Crippen LogP contribution in [0.5, 0.6) is 0 Å². The van der Waals surface area contributed by atoms with E-state index in [1.54, 1.807) is 12.1 Å². The van der Waals surface area contributed by atoms with Crippen LogP contribution in [0.4, 0.5) is 0 Å². The minimum Gasteiger partial charge on any atom is -0.207 e. The van der Waals surface area contributed by atoms with Crippen molar-refractivity contribution in [2.24, 2.45) is 5.92 Å². The molecule has 0 aliphatic heterocycles. The molecule has 128 valence electrons. The van der Waals surface area contributed by atoms with Gasteiger partial charge in [0.1, 0.15) is 0 Å². The summed E-state index contributed by atoms with van der Waals surface area (Å²) in [6.45, 7) is 1.96. The molecule has 3 rings (SSSR count). The first-order valence-electron chi connectivity index (χ1n) is 8.70. The molecular weight excluding hydrogens is 318 g/mol. The summed E-state index contributed by atoms with van der Waals surface area (Å²) in [5.74, 6) is 0.362. The molecule has 1 N–H and O–H groups in total. The van der Waals surface area contributed by atoms with Gasteiger partial charge in [-0.25, -0.2) is 13.1 Å². The Kier molecular flexibility index (Phi) is 5.36. The van der Waals surface area contributed by atoms with Crippen LogP contribution in [0.1, 0.15) is 49.3 Å². The third kappa shape index (κ3) is 4.05. The van der Waals surface area contributed by atoms with Gasteiger partial charge < -0.3 is 0 Å². The highest BCUT2D eigenvalue weighted by Crippen LogP contribution is 2.35. The highest BCUT2D eigenvalue weighted by Gasteiger charge is 2.29. The van der Waals surface area contributed by atoms with Crippen LogP contribution in [0.15, 0.2) is 59.5 Å². The van der Waals surface area contributed by atoms with Crippen molar-refractivity contribution in [1.82, 2.24) is 4.72 Å². The molecule has 2 aromatic rings. The Balaban J connectivity index is 1.89. The summed E-state index contributed by atoms with van der Waals surface area (Å²) in [7, 11) is -3.52. The molecule has 0 aromatic heterocycles. The molecule has 1 atom stereocenters. The fourth-order valence-corrected chi connectivity index (χ4v) is 4.81. The standard InChI is InChI=1S/C20H25NO2S/c1-16-12-14-19(15-13-16)24(22,23)21-20(17-8-4-2-5-9-17)18-10-6-3-7-11-18/h2,4-5,8-9,12-15,18,20-21H,3,6-7,10-11H2,1H3/t20-/m1/s1. The summed E-state index contributed by atoms with van der Waals surface area (Å²) >= 11 is 0. The summed E-state index contributed by atoms with van der Waals surface area (Å²) in [5.41, 5.74) is 2.11. The first-order chi connectivity index (χ1) is 11.6. The zero-order chi connectivity index (χ0) is 17.0. The van der Waals surface area contributed by atoms with Crippen molar-refractivity contribution in [3.05, 3.63) is 65.7 Å². The lowest BCUT2D eigenvalue weighted by Crippen LogP contribution is -2.34. The molecule has 1 aliphatic rings. The van der Waals surface area contributed by atoms with Gasteiger partial charge in [0.2, 0.25) is 10.0 Å². The minimum absolute atomic E-state index is 0.155. The SMILES string of the molecule is Cc1ccc(S(=O)(=O)N[C@H](c2ccccc2)C2CCCCC2)cc1. The first-order valence-corrected chi connectivity index (χ1v) is 10.2. The van der Waals surface area contributed by atoms with Crippen LogP contribution in [-0.4, -0.2) is 8.42 Å². The van der Waals surface area contributed by atoms with Crippen LogP contribution >= 0.6 is 0 Å². The largest absolute Gasteiger partial charge is 0.241 e. The van der Waals surface area contributed by atoms with Crippen molar-refractivity contribution in [3.63, 3.8) is 0 Å². The molecule has 0 radical (unpaired) electrons. The molecule has 1 fully saturated rings. The van der Waals surface area contributed by atoms with Gasteiger partial charge in [-0.2, -0.15) is 0 Å². The van der Waals surface area contributed by atoms with E-state index in [-0.39, 0.29) is 6.04 Å². The average Bonchev–Trinajstić information content (AvgIpc) is 2.62. The van der Waals surface area contributed by atoms with E-state index in [9.17, 15) is 8.42 Å². The molecule has 1 saturated carbocycles. The number of rotatable bonds is 5. The Morgan fingerprint density at radius 3 is 2.17 bits per heavy atom. The monoisotopic (exact) mass is 343 g/mol. The second kappa shape index (κ2) is 7.49. The van der Waals surface area contributed by atoms with Crippen molar-refractivity contribution in [2.45, 2.75) is 50.0 Å². The van der Waals surface area contributed by atoms with Crippen molar-refractivity contribution in [1.29, 1.82) is 0 Å². The first kappa shape index (κ1) is 17.2. The van der Waals surface area contributed by atoms with E-state index in [2.05, 4.69) is 4.72 Å². The van der Waals surface area contributed by atoms with Crippen molar-refractivity contribution < 1.29 is 8.42 Å². The van der Waals surface area contributed by atoms with E-state index in [4.69, 9.17) is 0 Å². The molecule has 0 heterocycles. The Morgan fingerprint density at radius 2 is 1.54 bits per heavy atom. The lowest BCUT2D eigenvalue weighted by molar-refractivity contribution is 0.294. The van der Waals surface area contributed by atoms with Crippen LogP contribution in [0.25, 0.3) is 0 Å². The molecule has 2 aromatic carbocycles. The smallest absolute Gasteiger partial charge is 0.207 e. The molecule has 3 nitrogen and oxygen atoms in total. The van der Waals surface area contributed by atoms with Crippen LogP contribution in [0.2, 0.25) is 0 Å². The van der Waals surface area contributed by atoms with E-state index in [1.807, 2.05) is 49.4 Å². The zero-order valence-corrected chi connectivity index (χ0v) is 14.9. The van der Waals surface area contributed by atoms with Gasteiger partial charge in [-0.3, -0.25) is 0 Å². The lowest BCUT2D eigenvalue weighted by atomic mass is 9.81. The number of nitrogens with one attached hydrogen (secondary N) is 1. The molecule has 0 saturated heterocycles. The van der Waals surface area contributed by atoms with Crippen LogP contribution in [0, 0.1) is 12.8 Å². The van der Waals surface area contributed by atoms with E-state index >= 15 is 0 Å². The van der Waals surface area contributed by atoms with Crippen molar-refractivity contribution >= 4 is 10.0 Å². The third-order valence-corrected chi connectivity index (χ3v) is 6.35.